The summed E-state index contributed by atoms with van der Waals surface area (Å²) in [6.45, 7) is 5.95. The number of unbranched alkanes of at least 4 members (excludes halogenated alkanes) is 6. The topological polar surface area (TPSA) is 30.2 Å². The van der Waals surface area contributed by atoms with E-state index in [4.69, 9.17) is 4.74 Å². The van der Waals surface area contributed by atoms with Crippen molar-refractivity contribution >= 4 is 12.0 Å². The third-order valence-corrected chi connectivity index (χ3v) is 3.81. The fourth-order valence-corrected chi connectivity index (χ4v) is 2.42. The summed E-state index contributed by atoms with van der Waals surface area (Å²) in [4.78, 5) is 11.7. The van der Waals surface area contributed by atoms with Crippen molar-refractivity contribution in [3.8, 4) is 0 Å². The van der Waals surface area contributed by atoms with E-state index in [0.29, 0.717) is 6.61 Å². The molecule has 1 aromatic rings. The fourth-order valence-electron chi connectivity index (χ4n) is 2.42. The molecule has 0 saturated heterocycles. The van der Waals surface area contributed by atoms with E-state index in [2.05, 4.69) is 30.8 Å². The van der Waals surface area contributed by atoms with Crippen LogP contribution >= 0.6 is 0 Å². The number of aryl methyl sites for hydroxylation is 1. The predicted octanol–water partition coefficient (Wildman–Crippen LogP) is 4.69. The van der Waals surface area contributed by atoms with Gasteiger partial charge in [0.15, 0.2) is 12.4 Å². The van der Waals surface area contributed by atoms with Crippen molar-refractivity contribution in [2.24, 2.45) is 0 Å². The second-order valence-corrected chi connectivity index (χ2v) is 6.00. The van der Waals surface area contributed by atoms with Crippen molar-refractivity contribution in [1.82, 2.24) is 0 Å². The van der Waals surface area contributed by atoms with E-state index in [0.717, 1.165) is 24.9 Å². The van der Waals surface area contributed by atoms with Crippen LogP contribution in [0.5, 0.6) is 0 Å². The number of hydrogen-bond donors (Lipinski definition) is 0. The number of ether oxygens (including phenoxy) is 1. The first-order chi connectivity index (χ1) is 11.3. The Hall–Kier alpha value is -1.64. The summed E-state index contributed by atoms with van der Waals surface area (Å²) in [7, 11) is 0. The SMILES string of the molecule is CCCCCCOC(=O)/C=C/c1ccc[n+](CCCCCC)c1. The van der Waals surface area contributed by atoms with Crippen LogP contribution in [-0.2, 0) is 16.1 Å². The maximum Gasteiger partial charge on any atom is 0.330 e. The summed E-state index contributed by atoms with van der Waals surface area (Å²) in [5, 5.41) is 0. The van der Waals surface area contributed by atoms with E-state index in [-0.39, 0.29) is 5.97 Å². The van der Waals surface area contributed by atoms with Gasteiger partial charge in [0.2, 0.25) is 0 Å². The average Bonchev–Trinajstić information content (AvgIpc) is 2.57. The van der Waals surface area contributed by atoms with Crippen LogP contribution in [0.2, 0.25) is 0 Å². The quantitative estimate of drug-likeness (QED) is 0.242. The Labute approximate surface area is 141 Å². The van der Waals surface area contributed by atoms with E-state index in [9.17, 15) is 4.79 Å². The molecule has 3 nitrogen and oxygen atoms in total. The lowest BCUT2D eigenvalue weighted by atomic mass is 10.2. The van der Waals surface area contributed by atoms with Gasteiger partial charge in [-0.1, -0.05) is 46.0 Å². The van der Waals surface area contributed by atoms with Crippen LogP contribution in [0.4, 0.5) is 0 Å². The van der Waals surface area contributed by atoms with Gasteiger partial charge in [-0.15, -0.1) is 0 Å². The minimum atomic E-state index is -0.250. The van der Waals surface area contributed by atoms with Gasteiger partial charge in [0, 0.05) is 24.1 Å². The molecule has 0 amide bonds. The lowest BCUT2D eigenvalue weighted by Gasteiger charge is -2.01. The Kier molecular flexibility index (Phi) is 10.9. The highest BCUT2D eigenvalue weighted by atomic mass is 16.5. The Bertz CT molecular complexity index is 468. The molecule has 0 aliphatic carbocycles. The molecular formula is C20H32NO2+. The molecule has 0 spiro atoms. The molecule has 0 bridgehead atoms. The van der Waals surface area contributed by atoms with Crippen LogP contribution in [0.3, 0.4) is 0 Å². The van der Waals surface area contributed by atoms with Gasteiger partial charge >= 0.3 is 5.97 Å². The van der Waals surface area contributed by atoms with Gasteiger partial charge in [-0.2, -0.15) is 0 Å². The molecule has 1 rings (SSSR count). The van der Waals surface area contributed by atoms with Gasteiger partial charge in [0.1, 0.15) is 6.54 Å². The zero-order valence-corrected chi connectivity index (χ0v) is 14.8. The predicted molar refractivity (Wildman–Crippen MR) is 94.9 cm³/mol. The zero-order valence-electron chi connectivity index (χ0n) is 14.8. The Morgan fingerprint density at radius 2 is 1.83 bits per heavy atom. The van der Waals surface area contributed by atoms with Gasteiger partial charge in [-0.25, -0.2) is 9.36 Å². The molecule has 23 heavy (non-hydrogen) atoms. The molecule has 0 aliphatic heterocycles. The summed E-state index contributed by atoms with van der Waals surface area (Å²) >= 11 is 0. The number of rotatable bonds is 12. The van der Waals surface area contributed by atoms with Gasteiger partial charge in [0.05, 0.1) is 6.61 Å². The molecule has 0 radical (unpaired) electrons. The lowest BCUT2D eigenvalue weighted by molar-refractivity contribution is -0.697. The van der Waals surface area contributed by atoms with Crippen molar-refractivity contribution in [2.75, 3.05) is 6.61 Å². The molecule has 1 aromatic heterocycles. The highest BCUT2D eigenvalue weighted by molar-refractivity contribution is 5.86. The third kappa shape index (κ3) is 9.88. The second kappa shape index (κ2) is 12.9. The molecule has 1 heterocycles. The summed E-state index contributed by atoms with van der Waals surface area (Å²) in [6, 6.07) is 4.03. The van der Waals surface area contributed by atoms with Crippen molar-refractivity contribution in [2.45, 2.75) is 71.8 Å². The first kappa shape index (κ1) is 19.4. The van der Waals surface area contributed by atoms with Gasteiger partial charge in [-0.05, 0) is 25.0 Å². The number of hydrogen-bond acceptors (Lipinski definition) is 2. The molecule has 0 aliphatic rings. The molecule has 0 fully saturated rings. The monoisotopic (exact) mass is 318 g/mol. The first-order valence-electron chi connectivity index (χ1n) is 9.10. The van der Waals surface area contributed by atoms with Gasteiger partial charge in [-0.3, -0.25) is 0 Å². The van der Waals surface area contributed by atoms with Crippen LogP contribution in [0.1, 0.15) is 70.8 Å². The van der Waals surface area contributed by atoms with Crippen molar-refractivity contribution in [1.29, 1.82) is 0 Å². The Morgan fingerprint density at radius 3 is 2.57 bits per heavy atom. The number of carbonyl (C=O) groups is 1. The number of pyridine rings is 1. The normalized spacial score (nSPS) is 11.0. The smallest absolute Gasteiger partial charge is 0.330 e. The van der Waals surface area contributed by atoms with Crippen LogP contribution in [-0.4, -0.2) is 12.6 Å². The molecule has 3 heteroatoms. The van der Waals surface area contributed by atoms with Crippen molar-refractivity contribution < 1.29 is 14.1 Å². The Balaban J connectivity index is 2.33. The second-order valence-electron chi connectivity index (χ2n) is 6.00. The lowest BCUT2D eigenvalue weighted by Crippen LogP contribution is -2.32. The molecule has 0 atom stereocenters. The fraction of sp³-hybridized carbons (Fsp3) is 0.600. The third-order valence-electron chi connectivity index (χ3n) is 3.81. The average molecular weight is 318 g/mol. The highest BCUT2D eigenvalue weighted by Gasteiger charge is 2.02. The number of nitrogens with zero attached hydrogens (tertiary/aromatic N) is 1. The van der Waals surface area contributed by atoms with Crippen molar-refractivity contribution in [3.63, 3.8) is 0 Å². The standard InChI is InChI=1S/C20H32NO2/c1-3-5-7-9-15-21-16-11-12-19(18-21)13-14-20(22)23-17-10-8-6-4-2/h11-14,16,18H,3-10,15,17H2,1-2H3/q+1/b14-13+. The van der Waals surface area contributed by atoms with Gasteiger partial charge < -0.3 is 4.74 Å². The summed E-state index contributed by atoms with van der Waals surface area (Å²) in [6.07, 6.45) is 17.0. The molecule has 128 valence electrons. The summed E-state index contributed by atoms with van der Waals surface area (Å²) in [5.74, 6) is -0.250. The van der Waals surface area contributed by atoms with E-state index < -0.39 is 0 Å². The van der Waals surface area contributed by atoms with E-state index in [1.807, 2.05) is 18.2 Å². The van der Waals surface area contributed by atoms with Crippen LogP contribution < -0.4 is 4.57 Å². The number of carbonyl (C=O) groups excluding carboxylic acids is 1. The largest absolute Gasteiger partial charge is 0.463 e. The maximum absolute atomic E-state index is 11.7. The molecule has 0 unspecified atom stereocenters. The van der Waals surface area contributed by atoms with Crippen molar-refractivity contribution in [3.05, 3.63) is 36.2 Å². The number of esters is 1. The molecule has 0 aromatic carbocycles. The van der Waals surface area contributed by atoms with E-state index in [1.54, 1.807) is 0 Å². The molecular weight excluding hydrogens is 286 g/mol. The van der Waals surface area contributed by atoms with E-state index in [1.165, 1.54) is 44.6 Å². The van der Waals surface area contributed by atoms with Gasteiger partial charge in [0.25, 0.3) is 0 Å². The zero-order chi connectivity index (χ0) is 16.8. The molecule has 0 N–H and O–H groups in total. The maximum atomic E-state index is 11.7. The minimum Gasteiger partial charge on any atom is -0.463 e. The minimum absolute atomic E-state index is 0.250. The molecule has 0 saturated carbocycles. The summed E-state index contributed by atoms with van der Waals surface area (Å²) < 4.78 is 7.39. The first-order valence-corrected chi connectivity index (χ1v) is 9.10. The highest BCUT2D eigenvalue weighted by Crippen LogP contribution is 2.02. The van der Waals surface area contributed by atoms with Crippen LogP contribution in [0.25, 0.3) is 6.08 Å². The van der Waals surface area contributed by atoms with Crippen LogP contribution in [0.15, 0.2) is 30.6 Å². The van der Waals surface area contributed by atoms with Crippen LogP contribution in [0, 0.1) is 0 Å². The Morgan fingerprint density at radius 1 is 1.09 bits per heavy atom. The van der Waals surface area contributed by atoms with E-state index >= 15 is 0 Å². The summed E-state index contributed by atoms with van der Waals surface area (Å²) in [5.41, 5.74) is 1.03. The number of aromatic nitrogens is 1.